The fraction of sp³-hybridized carbons (Fsp3) is 0.0833. The molecule has 0 atom stereocenters. The zero-order chi connectivity index (χ0) is 22.7. The molecule has 3 aromatic carbocycles. The molecular formula is C24H16BrClFNO3S. The van der Waals surface area contributed by atoms with Crippen LogP contribution in [0.15, 0.2) is 76.1 Å². The monoisotopic (exact) mass is 531 g/mol. The summed E-state index contributed by atoms with van der Waals surface area (Å²) >= 11 is 10.3. The second-order valence-corrected chi connectivity index (χ2v) is 9.34. The highest BCUT2D eigenvalue weighted by atomic mass is 79.9. The average molecular weight is 533 g/mol. The first-order valence-corrected chi connectivity index (χ1v) is 11.5. The number of nitrogens with zero attached hydrogens (tertiary/aromatic N) is 1. The van der Waals surface area contributed by atoms with Gasteiger partial charge in [-0.15, -0.1) is 0 Å². The van der Waals surface area contributed by atoms with Crippen molar-refractivity contribution < 1.29 is 18.7 Å². The molecule has 4 rings (SSSR count). The molecule has 2 amide bonds. The molecule has 0 radical (unpaired) electrons. The van der Waals surface area contributed by atoms with E-state index in [1.807, 2.05) is 18.2 Å². The van der Waals surface area contributed by atoms with Gasteiger partial charge in [0.1, 0.15) is 18.2 Å². The van der Waals surface area contributed by atoms with Crippen molar-refractivity contribution in [2.75, 3.05) is 0 Å². The number of imide groups is 1. The molecule has 3 aromatic rings. The van der Waals surface area contributed by atoms with E-state index in [0.29, 0.717) is 21.2 Å². The molecule has 1 saturated heterocycles. The largest absolute Gasteiger partial charge is 0.488 e. The quantitative estimate of drug-likeness (QED) is 0.319. The van der Waals surface area contributed by atoms with Crippen LogP contribution >= 0.6 is 39.3 Å². The Morgan fingerprint density at radius 2 is 1.81 bits per heavy atom. The van der Waals surface area contributed by atoms with E-state index in [0.717, 1.165) is 27.4 Å². The molecule has 0 bridgehead atoms. The lowest BCUT2D eigenvalue weighted by Crippen LogP contribution is -2.27. The van der Waals surface area contributed by atoms with Crippen LogP contribution in [-0.2, 0) is 17.9 Å². The van der Waals surface area contributed by atoms with Crippen LogP contribution in [0.3, 0.4) is 0 Å². The van der Waals surface area contributed by atoms with Crippen molar-refractivity contribution in [2.45, 2.75) is 13.2 Å². The fourth-order valence-corrected chi connectivity index (χ4v) is 4.52. The third kappa shape index (κ3) is 5.41. The first-order chi connectivity index (χ1) is 15.4. The normalized spacial score (nSPS) is 15.0. The van der Waals surface area contributed by atoms with Gasteiger partial charge in [-0.1, -0.05) is 51.8 Å². The highest BCUT2D eigenvalue weighted by Gasteiger charge is 2.35. The Hall–Kier alpha value is -2.61. The van der Waals surface area contributed by atoms with Gasteiger partial charge in [0.05, 0.1) is 11.4 Å². The molecule has 0 unspecified atom stereocenters. The predicted octanol–water partition coefficient (Wildman–Crippen LogP) is 7.06. The Labute approximate surface area is 202 Å². The number of carbonyl (C=O) groups excluding carboxylic acids is 2. The van der Waals surface area contributed by atoms with Gasteiger partial charge in [0.2, 0.25) is 0 Å². The molecule has 0 saturated carbocycles. The summed E-state index contributed by atoms with van der Waals surface area (Å²) in [6.07, 6.45) is 1.65. The maximum Gasteiger partial charge on any atom is 0.293 e. The van der Waals surface area contributed by atoms with Crippen molar-refractivity contribution in [3.63, 3.8) is 0 Å². The lowest BCUT2D eigenvalue weighted by atomic mass is 10.1. The van der Waals surface area contributed by atoms with Gasteiger partial charge in [0, 0.05) is 15.1 Å². The minimum atomic E-state index is -0.371. The van der Waals surface area contributed by atoms with Crippen molar-refractivity contribution in [3.05, 3.63) is 104 Å². The summed E-state index contributed by atoms with van der Waals surface area (Å²) < 4.78 is 19.8. The Morgan fingerprint density at radius 3 is 2.56 bits per heavy atom. The van der Waals surface area contributed by atoms with Crippen LogP contribution in [0.25, 0.3) is 6.08 Å². The third-order valence-corrected chi connectivity index (χ3v) is 6.31. The van der Waals surface area contributed by atoms with Gasteiger partial charge in [-0.25, -0.2) is 4.39 Å². The highest BCUT2D eigenvalue weighted by Crippen LogP contribution is 2.36. The van der Waals surface area contributed by atoms with E-state index in [2.05, 4.69) is 15.9 Å². The summed E-state index contributed by atoms with van der Waals surface area (Å²) in [7, 11) is 0. The number of benzene rings is 3. The molecule has 1 heterocycles. The minimum Gasteiger partial charge on any atom is -0.488 e. The van der Waals surface area contributed by atoms with Crippen LogP contribution in [0.2, 0.25) is 5.02 Å². The molecule has 0 aliphatic carbocycles. The standard InChI is InChI=1S/C24H16BrClFNO3S/c25-18-6-9-21(31-14-15-4-7-20(27)8-5-15)17(11-18)12-22-23(29)28(24(30)32-22)13-16-2-1-3-19(26)10-16/h1-12H,13-14H2/b22-12-. The van der Waals surface area contributed by atoms with E-state index in [4.69, 9.17) is 16.3 Å². The van der Waals surface area contributed by atoms with E-state index in [-0.39, 0.29) is 30.1 Å². The molecule has 1 fully saturated rings. The number of carbonyl (C=O) groups is 2. The smallest absolute Gasteiger partial charge is 0.293 e. The van der Waals surface area contributed by atoms with Gasteiger partial charge in [-0.05, 0) is 71.4 Å². The minimum absolute atomic E-state index is 0.148. The van der Waals surface area contributed by atoms with Crippen molar-refractivity contribution in [1.29, 1.82) is 0 Å². The molecule has 162 valence electrons. The van der Waals surface area contributed by atoms with Gasteiger partial charge in [0.25, 0.3) is 11.1 Å². The molecule has 1 aliphatic heterocycles. The van der Waals surface area contributed by atoms with Crippen molar-refractivity contribution in [3.8, 4) is 5.75 Å². The zero-order valence-corrected chi connectivity index (χ0v) is 19.7. The summed E-state index contributed by atoms with van der Waals surface area (Å²) in [5, 5.41) is 0.201. The summed E-state index contributed by atoms with van der Waals surface area (Å²) in [6, 6.07) is 18.5. The Morgan fingerprint density at radius 1 is 1.03 bits per heavy atom. The molecule has 1 aliphatic rings. The van der Waals surface area contributed by atoms with Gasteiger partial charge < -0.3 is 4.74 Å². The second kappa shape index (κ2) is 9.90. The Kier molecular flexibility index (Phi) is 6.98. The van der Waals surface area contributed by atoms with E-state index >= 15 is 0 Å². The number of hydrogen-bond acceptors (Lipinski definition) is 4. The molecule has 0 spiro atoms. The van der Waals surface area contributed by atoms with Gasteiger partial charge >= 0.3 is 0 Å². The number of halogens is 3. The van der Waals surface area contributed by atoms with Crippen LogP contribution < -0.4 is 4.74 Å². The molecule has 0 N–H and O–H groups in total. The SMILES string of the molecule is O=C1S/C(=C\c2cc(Br)ccc2OCc2ccc(F)cc2)C(=O)N1Cc1cccc(Cl)c1. The Balaban J connectivity index is 1.55. The van der Waals surface area contributed by atoms with Crippen molar-refractivity contribution in [2.24, 2.45) is 0 Å². The molecule has 32 heavy (non-hydrogen) atoms. The van der Waals surface area contributed by atoms with Gasteiger partial charge in [0.15, 0.2) is 0 Å². The summed E-state index contributed by atoms with van der Waals surface area (Å²) in [6.45, 7) is 0.383. The van der Waals surface area contributed by atoms with E-state index in [1.54, 1.807) is 42.5 Å². The molecule has 8 heteroatoms. The van der Waals surface area contributed by atoms with E-state index < -0.39 is 0 Å². The lowest BCUT2D eigenvalue weighted by molar-refractivity contribution is -0.123. The summed E-state index contributed by atoms with van der Waals surface area (Å²) in [4.78, 5) is 26.9. The highest BCUT2D eigenvalue weighted by molar-refractivity contribution is 9.10. The van der Waals surface area contributed by atoms with Crippen LogP contribution in [0.5, 0.6) is 5.75 Å². The van der Waals surface area contributed by atoms with E-state index in [1.165, 1.54) is 17.0 Å². The molecular weight excluding hydrogens is 517 g/mol. The maximum absolute atomic E-state index is 13.1. The topological polar surface area (TPSA) is 46.6 Å². The average Bonchev–Trinajstić information content (AvgIpc) is 3.02. The third-order valence-electron chi connectivity index (χ3n) is 4.67. The van der Waals surface area contributed by atoms with E-state index in [9.17, 15) is 14.0 Å². The summed E-state index contributed by atoms with van der Waals surface area (Å²) in [5.41, 5.74) is 2.23. The van der Waals surface area contributed by atoms with Crippen LogP contribution in [0.4, 0.5) is 9.18 Å². The van der Waals surface area contributed by atoms with Crippen LogP contribution in [0.1, 0.15) is 16.7 Å². The zero-order valence-electron chi connectivity index (χ0n) is 16.6. The molecule has 0 aromatic heterocycles. The van der Waals surface area contributed by atoms with Crippen LogP contribution in [0, 0.1) is 5.82 Å². The number of ether oxygens (including phenoxy) is 1. The number of hydrogen-bond donors (Lipinski definition) is 0. The number of amides is 2. The van der Waals surface area contributed by atoms with Crippen molar-refractivity contribution >= 4 is 56.5 Å². The first kappa shape index (κ1) is 22.6. The lowest BCUT2D eigenvalue weighted by Gasteiger charge is -2.13. The predicted molar refractivity (Wildman–Crippen MR) is 128 cm³/mol. The maximum atomic E-state index is 13.1. The first-order valence-electron chi connectivity index (χ1n) is 9.55. The Bertz CT molecular complexity index is 1220. The van der Waals surface area contributed by atoms with Gasteiger partial charge in [-0.3, -0.25) is 14.5 Å². The van der Waals surface area contributed by atoms with Crippen LogP contribution in [-0.4, -0.2) is 16.0 Å². The van der Waals surface area contributed by atoms with Crippen molar-refractivity contribution in [1.82, 2.24) is 4.90 Å². The summed E-state index contributed by atoms with van der Waals surface area (Å²) in [5.74, 6) is -0.143. The fourth-order valence-electron chi connectivity index (χ4n) is 3.10. The number of thioether (sulfide) groups is 1. The number of rotatable bonds is 6. The van der Waals surface area contributed by atoms with Gasteiger partial charge in [-0.2, -0.15) is 0 Å². The molecule has 4 nitrogen and oxygen atoms in total. The second-order valence-electron chi connectivity index (χ2n) is 7.00.